The molecule has 1 atom stereocenters. The predicted octanol–water partition coefficient (Wildman–Crippen LogP) is 2.84. The molecular formula is C24H28N4O5. The highest BCUT2D eigenvalue weighted by atomic mass is 16.5. The first-order valence-corrected chi connectivity index (χ1v) is 11.0. The number of hydrogen-bond donors (Lipinski definition) is 3. The molecule has 1 aromatic heterocycles. The van der Waals surface area contributed by atoms with Gasteiger partial charge in [-0.2, -0.15) is 5.26 Å². The lowest BCUT2D eigenvalue weighted by Crippen LogP contribution is -2.35. The Bertz CT molecular complexity index is 993. The number of nitriles is 1. The minimum atomic E-state index is -0.250. The topological polar surface area (TPSA) is 148 Å². The third-order valence-corrected chi connectivity index (χ3v) is 5.79. The number of nitrogens with zero attached hydrogens (tertiary/aromatic N) is 2. The van der Waals surface area contributed by atoms with Crippen LogP contribution in [0.15, 0.2) is 30.3 Å². The van der Waals surface area contributed by atoms with Gasteiger partial charge in [-0.1, -0.05) is 18.6 Å². The summed E-state index contributed by atoms with van der Waals surface area (Å²) in [6.07, 6.45) is 5.56. The van der Waals surface area contributed by atoms with Crippen molar-refractivity contribution >= 4 is 18.2 Å². The van der Waals surface area contributed by atoms with E-state index in [0.717, 1.165) is 49.1 Å². The van der Waals surface area contributed by atoms with Gasteiger partial charge in [0, 0.05) is 30.3 Å². The van der Waals surface area contributed by atoms with Crippen LogP contribution in [0.2, 0.25) is 0 Å². The van der Waals surface area contributed by atoms with Crippen LogP contribution in [0.5, 0.6) is 5.75 Å². The first-order valence-electron chi connectivity index (χ1n) is 11.0. The normalized spacial score (nSPS) is 17.1. The fourth-order valence-electron chi connectivity index (χ4n) is 3.81. The Labute approximate surface area is 192 Å². The summed E-state index contributed by atoms with van der Waals surface area (Å²) >= 11 is 0. The average Bonchev–Trinajstić information content (AvgIpc) is 3.29. The average molecular weight is 453 g/mol. The number of nitrogens with two attached hydrogens (primary N) is 1. The number of anilines is 1. The summed E-state index contributed by atoms with van der Waals surface area (Å²) in [5.41, 5.74) is 9.06. The molecule has 9 nitrogen and oxygen atoms in total. The first-order chi connectivity index (χ1) is 16.0. The lowest BCUT2D eigenvalue weighted by molar-refractivity contribution is -0.124. The quantitative estimate of drug-likeness (QED) is 0.543. The second-order valence-electron chi connectivity index (χ2n) is 7.95. The zero-order valence-electron chi connectivity index (χ0n) is 18.3. The number of nitrogen functional groups attached to an aromatic ring is 1. The van der Waals surface area contributed by atoms with Gasteiger partial charge in [0.25, 0.3) is 12.4 Å². The van der Waals surface area contributed by atoms with E-state index in [0.29, 0.717) is 23.8 Å². The summed E-state index contributed by atoms with van der Waals surface area (Å²) < 4.78 is 11.1. The molecule has 0 bridgehead atoms. The second kappa shape index (κ2) is 11.8. The Morgan fingerprint density at radius 3 is 2.61 bits per heavy atom. The molecule has 2 aromatic rings. The number of aromatic nitrogens is 1. The highest BCUT2D eigenvalue weighted by molar-refractivity contribution is 5.78. The highest BCUT2D eigenvalue weighted by Crippen LogP contribution is 2.38. The molecule has 0 spiro atoms. The maximum atomic E-state index is 12.0. The Kier molecular flexibility index (Phi) is 8.61. The van der Waals surface area contributed by atoms with Crippen LogP contribution in [0, 0.1) is 11.3 Å². The Hall–Kier alpha value is -3.64. The van der Waals surface area contributed by atoms with E-state index in [9.17, 15) is 10.1 Å². The van der Waals surface area contributed by atoms with Crippen molar-refractivity contribution < 1.29 is 24.2 Å². The third-order valence-electron chi connectivity index (χ3n) is 5.79. The predicted molar refractivity (Wildman–Crippen MR) is 122 cm³/mol. The third kappa shape index (κ3) is 6.43. The van der Waals surface area contributed by atoms with Crippen LogP contribution < -0.4 is 15.8 Å². The monoisotopic (exact) mass is 452 g/mol. The molecule has 2 fully saturated rings. The van der Waals surface area contributed by atoms with Gasteiger partial charge < -0.3 is 25.6 Å². The van der Waals surface area contributed by atoms with E-state index >= 15 is 0 Å². The van der Waals surface area contributed by atoms with Gasteiger partial charge in [-0.15, -0.1) is 0 Å². The van der Waals surface area contributed by atoms with Crippen molar-refractivity contribution in [2.24, 2.45) is 0 Å². The lowest BCUT2D eigenvalue weighted by Gasteiger charge is -2.25. The fourth-order valence-corrected chi connectivity index (χ4v) is 3.81. The van der Waals surface area contributed by atoms with Crippen molar-refractivity contribution in [1.29, 1.82) is 5.26 Å². The van der Waals surface area contributed by atoms with E-state index in [2.05, 4.69) is 16.4 Å². The van der Waals surface area contributed by atoms with Crippen LogP contribution in [0.3, 0.4) is 0 Å². The van der Waals surface area contributed by atoms with Crippen LogP contribution in [0.4, 0.5) is 5.82 Å². The second-order valence-corrected chi connectivity index (χ2v) is 7.95. The van der Waals surface area contributed by atoms with Crippen LogP contribution in [-0.2, 0) is 14.3 Å². The number of carboxylic acid groups (broad SMARTS) is 1. The van der Waals surface area contributed by atoms with Gasteiger partial charge >= 0.3 is 0 Å². The number of amides is 1. The van der Waals surface area contributed by atoms with Crippen molar-refractivity contribution in [2.75, 3.05) is 25.5 Å². The SMILES string of the molecule is N#Cc1c(-c2ccc(OCC(=O)NCC3CCCO3)cc2)cc(C2CCC2)nc1N.O=CO. The molecule has 1 saturated heterocycles. The number of hydrogen-bond acceptors (Lipinski definition) is 7. The Morgan fingerprint density at radius 1 is 1.30 bits per heavy atom. The molecule has 1 aliphatic heterocycles. The van der Waals surface area contributed by atoms with E-state index in [1.807, 2.05) is 18.2 Å². The number of nitrogens with one attached hydrogen (secondary N) is 1. The molecule has 0 radical (unpaired) electrons. The van der Waals surface area contributed by atoms with Gasteiger partial charge in [0.1, 0.15) is 23.2 Å². The molecule has 1 unspecified atom stereocenters. The molecule has 9 heteroatoms. The zero-order chi connectivity index (χ0) is 23.6. The Morgan fingerprint density at radius 2 is 2.03 bits per heavy atom. The van der Waals surface area contributed by atoms with E-state index in [1.165, 1.54) is 6.42 Å². The van der Waals surface area contributed by atoms with Gasteiger partial charge in [0.2, 0.25) is 0 Å². The molecular weight excluding hydrogens is 424 g/mol. The van der Waals surface area contributed by atoms with Crippen molar-refractivity contribution in [3.63, 3.8) is 0 Å². The molecule has 1 aliphatic carbocycles. The maximum Gasteiger partial charge on any atom is 0.290 e. The number of ether oxygens (including phenoxy) is 2. The molecule has 2 heterocycles. The molecule has 1 saturated carbocycles. The number of carbonyl (C=O) groups excluding carboxylic acids is 1. The van der Waals surface area contributed by atoms with Gasteiger partial charge in [-0.05, 0) is 49.4 Å². The summed E-state index contributed by atoms with van der Waals surface area (Å²) in [5, 5.41) is 19.3. The molecule has 1 aromatic carbocycles. The molecule has 33 heavy (non-hydrogen) atoms. The number of carbonyl (C=O) groups is 2. The fraction of sp³-hybridized carbons (Fsp3) is 0.417. The van der Waals surface area contributed by atoms with Crippen molar-refractivity contribution in [3.05, 3.63) is 41.6 Å². The summed E-state index contributed by atoms with van der Waals surface area (Å²) in [6, 6.07) is 11.5. The first kappa shape index (κ1) is 24.0. The van der Waals surface area contributed by atoms with Gasteiger partial charge in [-0.3, -0.25) is 9.59 Å². The summed E-state index contributed by atoms with van der Waals surface area (Å²) in [6.45, 7) is 0.983. The van der Waals surface area contributed by atoms with Crippen LogP contribution in [-0.4, -0.2) is 48.3 Å². The van der Waals surface area contributed by atoms with Gasteiger partial charge in [0.05, 0.1) is 6.10 Å². The Balaban J connectivity index is 0.000000968. The standard InChI is InChI=1S/C23H26N4O3.CH2O2/c24-12-20-19(11-21(27-23(20)25)16-3-1-4-16)15-6-8-17(9-7-15)30-14-22(28)26-13-18-5-2-10-29-18;2-1-3/h6-9,11,16,18H,1-5,10,13-14H2,(H2,25,27)(H,26,28);1H,(H,2,3). The molecule has 4 N–H and O–H groups in total. The summed E-state index contributed by atoms with van der Waals surface area (Å²) in [4.78, 5) is 24.8. The van der Waals surface area contributed by atoms with E-state index < -0.39 is 0 Å². The van der Waals surface area contributed by atoms with E-state index in [1.54, 1.807) is 12.1 Å². The zero-order valence-corrected chi connectivity index (χ0v) is 18.3. The summed E-state index contributed by atoms with van der Waals surface area (Å²) in [7, 11) is 0. The summed E-state index contributed by atoms with van der Waals surface area (Å²) in [5.74, 6) is 1.12. The van der Waals surface area contributed by atoms with Gasteiger partial charge in [-0.25, -0.2) is 4.98 Å². The minimum absolute atomic E-state index is 0.0520. The number of pyridine rings is 1. The maximum absolute atomic E-state index is 12.0. The number of benzene rings is 1. The van der Waals surface area contributed by atoms with Crippen molar-refractivity contribution in [1.82, 2.24) is 10.3 Å². The largest absolute Gasteiger partial charge is 0.484 e. The highest BCUT2D eigenvalue weighted by Gasteiger charge is 2.23. The molecule has 2 aliphatic rings. The minimum Gasteiger partial charge on any atom is -0.484 e. The van der Waals surface area contributed by atoms with E-state index in [-0.39, 0.29) is 30.9 Å². The number of rotatable bonds is 7. The van der Waals surface area contributed by atoms with Crippen LogP contribution in [0.25, 0.3) is 11.1 Å². The molecule has 174 valence electrons. The molecule has 4 rings (SSSR count). The van der Waals surface area contributed by atoms with Crippen LogP contribution in [0.1, 0.15) is 49.3 Å². The van der Waals surface area contributed by atoms with Crippen molar-refractivity contribution in [3.8, 4) is 22.9 Å². The molecule has 1 amide bonds. The van der Waals surface area contributed by atoms with Crippen LogP contribution >= 0.6 is 0 Å². The van der Waals surface area contributed by atoms with Crippen molar-refractivity contribution in [2.45, 2.75) is 44.1 Å². The lowest BCUT2D eigenvalue weighted by atomic mass is 9.81. The van der Waals surface area contributed by atoms with E-state index in [4.69, 9.17) is 25.1 Å². The van der Waals surface area contributed by atoms with Gasteiger partial charge in [0.15, 0.2) is 6.61 Å². The smallest absolute Gasteiger partial charge is 0.290 e.